The molecule has 0 bridgehead atoms. The Bertz CT molecular complexity index is 969. The van der Waals surface area contributed by atoms with Gasteiger partial charge in [0.15, 0.2) is 0 Å². The summed E-state index contributed by atoms with van der Waals surface area (Å²) in [6.07, 6.45) is 3.49. The van der Waals surface area contributed by atoms with Crippen LogP contribution in [0.4, 0.5) is 22.7 Å². The molecule has 2 aromatic rings. The zero-order valence-corrected chi connectivity index (χ0v) is 16.5. The van der Waals surface area contributed by atoms with Crippen molar-refractivity contribution in [3.63, 3.8) is 0 Å². The highest BCUT2D eigenvalue weighted by Gasteiger charge is 2.32. The van der Waals surface area contributed by atoms with E-state index in [4.69, 9.17) is 20.7 Å². The summed E-state index contributed by atoms with van der Waals surface area (Å²) in [4.78, 5) is 19.1. The predicted molar refractivity (Wildman–Crippen MR) is 109 cm³/mol. The van der Waals surface area contributed by atoms with Crippen LogP contribution >= 0.6 is 0 Å². The lowest BCUT2D eigenvalue weighted by Crippen LogP contribution is -2.36. The molecule has 0 saturated carbocycles. The summed E-state index contributed by atoms with van der Waals surface area (Å²) in [5.41, 5.74) is 15.9. The number of rotatable bonds is 4. The van der Waals surface area contributed by atoms with E-state index >= 15 is 0 Å². The van der Waals surface area contributed by atoms with Crippen LogP contribution in [0.2, 0.25) is 0 Å². The minimum absolute atomic E-state index is 0.107. The molecule has 9 heteroatoms. The molecule has 29 heavy (non-hydrogen) atoms. The first-order valence-corrected chi connectivity index (χ1v) is 9.49. The first-order chi connectivity index (χ1) is 13.9. The Morgan fingerprint density at radius 1 is 1.31 bits per heavy atom. The van der Waals surface area contributed by atoms with Gasteiger partial charge in [-0.3, -0.25) is 9.78 Å². The van der Waals surface area contributed by atoms with E-state index in [0.29, 0.717) is 18.9 Å². The summed E-state index contributed by atoms with van der Waals surface area (Å²) < 4.78 is 11.6. The maximum Gasteiger partial charge on any atom is 0.259 e. The molecule has 0 spiro atoms. The highest BCUT2D eigenvalue weighted by Crippen LogP contribution is 2.42. The molecule has 1 aromatic heterocycles. The van der Waals surface area contributed by atoms with E-state index in [9.17, 15) is 4.79 Å². The molecular weight excluding hydrogens is 372 g/mol. The van der Waals surface area contributed by atoms with Crippen LogP contribution in [0.5, 0.6) is 5.75 Å². The molecule has 1 aromatic carbocycles. The molecule has 9 nitrogen and oxygen atoms in total. The van der Waals surface area contributed by atoms with Gasteiger partial charge in [0.1, 0.15) is 17.0 Å². The first kappa shape index (κ1) is 19.1. The Morgan fingerprint density at radius 3 is 2.79 bits per heavy atom. The summed E-state index contributed by atoms with van der Waals surface area (Å²) >= 11 is 0. The van der Waals surface area contributed by atoms with Gasteiger partial charge in [-0.25, -0.2) is 5.53 Å². The standard InChI is InChI=1S/C20H24N6O3/c1-20(2)9-12-7-15(16(8-17(12)29-20)26-3-5-28-6-4-26)24-19(27)13-10-23-11-14(21)18(13)25-22/h7-8,10-11,22H,3-6,9,21H2,1-2H3,(H,24,27). The van der Waals surface area contributed by atoms with Crippen LogP contribution in [0.1, 0.15) is 29.8 Å². The number of carbonyl (C=O) groups is 1. The van der Waals surface area contributed by atoms with Gasteiger partial charge in [-0.2, -0.15) is 5.11 Å². The van der Waals surface area contributed by atoms with E-state index in [0.717, 1.165) is 36.5 Å². The van der Waals surface area contributed by atoms with Crippen molar-refractivity contribution in [1.29, 1.82) is 5.53 Å². The summed E-state index contributed by atoms with van der Waals surface area (Å²) in [6, 6.07) is 3.95. The van der Waals surface area contributed by atoms with Crippen molar-refractivity contribution < 1.29 is 14.3 Å². The normalized spacial score (nSPS) is 17.4. The Kier molecular flexibility index (Phi) is 4.83. The zero-order chi connectivity index (χ0) is 20.6. The molecule has 0 radical (unpaired) electrons. The van der Waals surface area contributed by atoms with Crippen LogP contribution in [0, 0.1) is 5.53 Å². The van der Waals surface area contributed by atoms with Crippen molar-refractivity contribution >= 4 is 28.7 Å². The number of nitrogen functional groups attached to an aromatic ring is 1. The van der Waals surface area contributed by atoms with Gasteiger partial charge in [-0.15, -0.1) is 0 Å². The number of nitrogens with zero attached hydrogens (tertiary/aromatic N) is 3. The SMILES string of the molecule is CC1(C)Cc2cc(NC(=O)c3cncc(N)c3N=N)c(N3CCOCC3)cc2O1. The van der Waals surface area contributed by atoms with E-state index in [1.807, 2.05) is 26.0 Å². The lowest BCUT2D eigenvalue weighted by molar-refractivity contribution is 0.102. The number of anilines is 3. The number of fused-ring (bicyclic) bond motifs is 1. The number of pyridine rings is 1. The van der Waals surface area contributed by atoms with Crippen LogP contribution in [0.3, 0.4) is 0 Å². The molecule has 1 fully saturated rings. The van der Waals surface area contributed by atoms with Crippen molar-refractivity contribution in [2.24, 2.45) is 5.11 Å². The zero-order valence-electron chi connectivity index (χ0n) is 16.5. The quantitative estimate of drug-likeness (QED) is 0.682. The fraction of sp³-hybridized carbons (Fsp3) is 0.400. The van der Waals surface area contributed by atoms with Crippen molar-refractivity contribution in [3.05, 3.63) is 35.7 Å². The van der Waals surface area contributed by atoms with Crippen molar-refractivity contribution in [3.8, 4) is 5.75 Å². The molecule has 3 heterocycles. The molecule has 4 N–H and O–H groups in total. The first-order valence-electron chi connectivity index (χ1n) is 9.49. The van der Waals surface area contributed by atoms with Crippen LogP contribution in [0.15, 0.2) is 29.6 Å². The molecule has 0 atom stereocenters. The van der Waals surface area contributed by atoms with Crippen LogP contribution in [-0.2, 0) is 11.2 Å². The van der Waals surface area contributed by atoms with Crippen LogP contribution in [-0.4, -0.2) is 42.8 Å². The fourth-order valence-electron chi connectivity index (χ4n) is 3.76. The second-order valence-corrected chi connectivity index (χ2v) is 7.81. The largest absolute Gasteiger partial charge is 0.487 e. The van der Waals surface area contributed by atoms with Gasteiger partial charge < -0.3 is 25.4 Å². The van der Waals surface area contributed by atoms with Crippen LogP contribution < -0.4 is 20.7 Å². The van der Waals surface area contributed by atoms with Crippen LogP contribution in [0.25, 0.3) is 0 Å². The third-order valence-corrected chi connectivity index (χ3v) is 5.08. The molecule has 2 aliphatic rings. The lowest BCUT2D eigenvalue weighted by atomic mass is 10.0. The number of hydrogen-bond acceptors (Lipinski definition) is 8. The number of morpholine rings is 1. The predicted octanol–water partition coefficient (Wildman–Crippen LogP) is 3.13. The monoisotopic (exact) mass is 396 g/mol. The van der Waals surface area contributed by atoms with Crippen molar-refractivity contribution in [2.75, 3.05) is 42.3 Å². The van der Waals surface area contributed by atoms with Gasteiger partial charge in [-0.1, -0.05) is 0 Å². The van der Waals surface area contributed by atoms with E-state index < -0.39 is 5.91 Å². The maximum absolute atomic E-state index is 13.0. The average molecular weight is 396 g/mol. The maximum atomic E-state index is 13.0. The molecule has 1 amide bonds. The molecule has 2 aliphatic heterocycles. The average Bonchev–Trinajstić information content (AvgIpc) is 3.00. The van der Waals surface area contributed by atoms with Gasteiger partial charge in [0, 0.05) is 37.3 Å². The molecule has 152 valence electrons. The van der Waals surface area contributed by atoms with E-state index in [-0.39, 0.29) is 22.5 Å². The van der Waals surface area contributed by atoms with Crippen molar-refractivity contribution in [1.82, 2.24) is 4.98 Å². The van der Waals surface area contributed by atoms with Gasteiger partial charge in [-0.05, 0) is 19.9 Å². The number of nitrogens with one attached hydrogen (secondary N) is 2. The van der Waals surface area contributed by atoms with Gasteiger partial charge >= 0.3 is 0 Å². The Balaban J connectivity index is 1.72. The number of hydrogen-bond donors (Lipinski definition) is 3. The second kappa shape index (κ2) is 7.32. The molecule has 1 saturated heterocycles. The van der Waals surface area contributed by atoms with Gasteiger partial charge in [0.2, 0.25) is 0 Å². The number of nitrogens with two attached hydrogens (primary N) is 1. The van der Waals surface area contributed by atoms with E-state index in [2.05, 4.69) is 20.3 Å². The fourth-order valence-corrected chi connectivity index (χ4v) is 3.76. The van der Waals surface area contributed by atoms with E-state index in [1.165, 1.54) is 12.4 Å². The highest BCUT2D eigenvalue weighted by molar-refractivity contribution is 6.10. The minimum atomic E-state index is -0.413. The topological polar surface area (TPSA) is 126 Å². The highest BCUT2D eigenvalue weighted by atomic mass is 16.5. The molecule has 0 aliphatic carbocycles. The number of amides is 1. The summed E-state index contributed by atoms with van der Waals surface area (Å²) in [5, 5.41) is 6.37. The second-order valence-electron chi connectivity index (χ2n) is 7.81. The number of aromatic nitrogens is 1. The molecule has 4 rings (SSSR count). The lowest BCUT2D eigenvalue weighted by Gasteiger charge is -2.31. The number of benzene rings is 1. The number of carbonyl (C=O) groups excluding carboxylic acids is 1. The minimum Gasteiger partial charge on any atom is -0.487 e. The molecular formula is C20H24N6O3. The third kappa shape index (κ3) is 3.73. The Hall–Kier alpha value is -3.20. The van der Waals surface area contributed by atoms with Crippen molar-refractivity contribution in [2.45, 2.75) is 25.9 Å². The number of ether oxygens (including phenoxy) is 2. The Labute approximate surface area is 168 Å². The summed E-state index contributed by atoms with van der Waals surface area (Å²) in [5.74, 6) is 0.422. The van der Waals surface area contributed by atoms with E-state index in [1.54, 1.807) is 0 Å². The van der Waals surface area contributed by atoms with Gasteiger partial charge in [0.25, 0.3) is 5.91 Å². The van der Waals surface area contributed by atoms with Gasteiger partial charge in [0.05, 0.1) is 42.0 Å². The summed E-state index contributed by atoms with van der Waals surface area (Å²) in [7, 11) is 0. The third-order valence-electron chi connectivity index (χ3n) is 5.08. The molecule has 0 unspecified atom stereocenters. The summed E-state index contributed by atoms with van der Waals surface area (Å²) in [6.45, 7) is 6.77. The smallest absolute Gasteiger partial charge is 0.259 e. The Morgan fingerprint density at radius 2 is 2.07 bits per heavy atom.